The molecule has 10 heteroatoms. The number of aryl methyl sites for hydroxylation is 2. The lowest BCUT2D eigenvalue weighted by molar-refractivity contribution is 0.542. The summed E-state index contributed by atoms with van der Waals surface area (Å²) in [5, 5.41) is 12.5. The largest absolute Gasteiger partial charge is 0.330 e. The van der Waals surface area contributed by atoms with Gasteiger partial charge in [0.25, 0.3) is 5.56 Å². The van der Waals surface area contributed by atoms with Crippen molar-refractivity contribution in [3.63, 3.8) is 0 Å². The van der Waals surface area contributed by atoms with E-state index in [1.165, 1.54) is 9.36 Å². The zero-order chi connectivity index (χ0) is 17.6. The molecule has 0 spiro atoms. The van der Waals surface area contributed by atoms with Crippen molar-refractivity contribution < 1.29 is 0 Å². The number of H-pyrrole nitrogens is 1. The second-order valence-corrected chi connectivity index (χ2v) is 6.48. The highest BCUT2D eigenvalue weighted by molar-refractivity contribution is 5.70. The molecule has 3 aromatic rings. The molecule has 0 atom stereocenters. The molecule has 4 rings (SSSR count). The van der Waals surface area contributed by atoms with E-state index in [1.807, 2.05) is 6.92 Å². The summed E-state index contributed by atoms with van der Waals surface area (Å²) in [5.74, 6) is 1.80. The first-order valence-electron chi connectivity index (χ1n) is 8.54. The maximum atomic E-state index is 12.2. The van der Waals surface area contributed by atoms with Gasteiger partial charge in [-0.15, -0.1) is 10.2 Å². The maximum Gasteiger partial charge on any atom is 0.330 e. The number of aromatic amines is 1. The van der Waals surface area contributed by atoms with Gasteiger partial charge in [-0.3, -0.25) is 14.3 Å². The minimum atomic E-state index is -0.431. The van der Waals surface area contributed by atoms with Gasteiger partial charge in [0, 0.05) is 19.5 Å². The van der Waals surface area contributed by atoms with Crippen LogP contribution in [-0.4, -0.2) is 39.3 Å². The van der Waals surface area contributed by atoms with Gasteiger partial charge in [0.1, 0.15) is 12.4 Å². The van der Waals surface area contributed by atoms with Gasteiger partial charge >= 0.3 is 5.69 Å². The van der Waals surface area contributed by atoms with Crippen molar-refractivity contribution in [3.05, 3.63) is 32.5 Å². The van der Waals surface area contributed by atoms with Crippen LogP contribution in [0.15, 0.2) is 9.59 Å². The van der Waals surface area contributed by atoms with E-state index in [9.17, 15) is 9.59 Å². The van der Waals surface area contributed by atoms with E-state index in [1.54, 1.807) is 11.6 Å². The number of hydrogen-bond donors (Lipinski definition) is 1. The number of fused-ring (bicyclic) bond motifs is 1. The summed E-state index contributed by atoms with van der Waals surface area (Å²) in [5.41, 5.74) is -0.0693. The van der Waals surface area contributed by atoms with E-state index >= 15 is 0 Å². The lowest BCUT2D eigenvalue weighted by Crippen LogP contribution is -2.31. The van der Waals surface area contributed by atoms with Crippen LogP contribution in [0, 0.1) is 0 Å². The van der Waals surface area contributed by atoms with E-state index in [0.29, 0.717) is 36.0 Å². The van der Waals surface area contributed by atoms with Crippen molar-refractivity contribution in [3.8, 4) is 0 Å². The lowest BCUT2D eigenvalue weighted by Gasteiger charge is -2.04. The van der Waals surface area contributed by atoms with Crippen molar-refractivity contribution >= 4 is 11.2 Å². The molecule has 0 radical (unpaired) electrons. The highest BCUT2D eigenvalue weighted by Gasteiger charge is 2.28. The monoisotopic (exact) mass is 344 g/mol. The van der Waals surface area contributed by atoms with Gasteiger partial charge in [-0.1, -0.05) is 13.3 Å². The third-order valence-corrected chi connectivity index (χ3v) is 4.53. The fourth-order valence-corrected chi connectivity index (χ4v) is 2.91. The summed E-state index contributed by atoms with van der Waals surface area (Å²) in [7, 11) is 1.76. The molecule has 0 saturated heterocycles. The Morgan fingerprint density at radius 1 is 1.28 bits per heavy atom. The van der Waals surface area contributed by atoms with Crippen LogP contribution in [0.5, 0.6) is 0 Å². The third-order valence-electron chi connectivity index (χ3n) is 4.53. The van der Waals surface area contributed by atoms with E-state index in [4.69, 9.17) is 0 Å². The molecular formula is C15H20N8O2. The van der Waals surface area contributed by atoms with Crippen molar-refractivity contribution in [2.45, 2.75) is 51.6 Å². The van der Waals surface area contributed by atoms with Crippen LogP contribution < -0.4 is 11.2 Å². The average molecular weight is 344 g/mol. The molecule has 1 fully saturated rings. The van der Waals surface area contributed by atoms with Gasteiger partial charge in [0.05, 0.1) is 0 Å². The fraction of sp³-hybridized carbons (Fsp3) is 0.600. The number of nitrogens with one attached hydrogen (secondary N) is 1. The van der Waals surface area contributed by atoms with E-state index < -0.39 is 11.2 Å². The molecule has 1 aliphatic carbocycles. The number of rotatable bonds is 6. The van der Waals surface area contributed by atoms with Crippen molar-refractivity contribution in [2.75, 3.05) is 0 Å². The van der Waals surface area contributed by atoms with Crippen LogP contribution in [-0.2, 0) is 20.1 Å². The topological polar surface area (TPSA) is 116 Å². The second kappa shape index (κ2) is 5.94. The third kappa shape index (κ3) is 2.77. The molecule has 3 heterocycles. The Bertz CT molecular complexity index is 1040. The molecule has 25 heavy (non-hydrogen) atoms. The van der Waals surface area contributed by atoms with E-state index in [0.717, 1.165) is 31.5 Å². The van der Waals surface area contributed by atoms with Gasteiger partial charge in [-0.25, -0.2) is 9.78 Å². The Kier molecular flexibility index (Phi) is 3.74. The molecular weight excluding hydrogens is 324 g/mol. The summed E-state index contributed by atoms with van der Waals surface area (Å²) in [6, 6.07) is 0. The highest BCUT2D eigenvalue weighted by atomic mass is 16.2. The average Bonchev–Trinajstić information content (AvgIpc) is 3.24. The van der Waals surface area contributed by atoms with Crippen molar-refractivity contribution in [2.24, 2.45) is 7.05 Å². The molecule has 132 valence electrons. The van der Waals surface area contributed by atoms with Gasteiger partial charge in [-0.05, 0) is 24.5 Å². The zero-order valence-electron chi connectivity index (χ0n) is 14.3. The first-order chi connectivity index (χ1) is 12.1. The summed E-state index contributed by atoms with van der Waals surface area (Å²) < 4.78 is 3.21. The quantitative estimate of drug-likeness (QED) is 0.680. The number of tetrazole rings is 1. The molecule has 3 aromatic heterocycles. The maximum absolute atomic E-state index is 12.2. The summed E-state index contributed by atoms with van der Waals surface area (Å²) in [6.45, 7) is 2.87. The molecule has 1 N–H and O–H groups in total. The molecule has 0 bridgehead atoms. The number of aromatic nitrogens is 8. The summed E-state index contributed by atoms with van der Waals surface area (Å²) in [6.07, 6.45) is 4.00. The van der Waals surface area contributed by atoms with E-state index in [2.05, 4.69) is 25.4 Å². The molecule has 10 nitrogen and oxygen atoms in total. The number of nitrogens with zero attached hydrogens (tertiary/aromatic N) is 7. The van der Waals surface area contributed by atoms with Gasteiger partial charge in [-0.2, -0.15) is 4.80 Å². The Morgan fingerprint density at radius 3 is 2.80 bits per heavy atom. The SMILES string of the molecule is CCCCn1c(=O)[nH]c(=O)c2c1nc(Cn1nnc(C3CC3)n1)n2C. The minimum Gasteiger partial charge on any atom is -0.324 e. The van der Waals surface area contributed by atoms with Crippen molar-refractivity contribution in [1.82, 2.24) is 39.3 Å². The normalized spacial score (nSPS) is 14.5. The predicted octanol–water partition coefficient (Wildman–Crippen LogP) is 0.136. The first-order valence-corrected chi connectivity index (χ1v) is 8.54. The zero-order valence-corrected chi connectivity index (χ0v) is 14.3. The number of imidazole rings is 1. The number of hydrogen-bond acceptors (Lipinski definition) is 6. The molecule has 0 aromatic carbocycles. The van der Waals surface area contributed by atoms with Gasteiger partial charge in [0.2, 0.25) is 0 Å². The van der Waals surface area contributed by atoms with Crippen LogP contribution in [0.25, 0.3) is 11.2 Å². The molecule has 0 aliphatic heterocycles. The molecule has 1 saturated carbocycles. The van der Waals surface area contributed by atoms with Crippen molar-refractivity contribution in [1.29, 1.82) is 0 Å². The smallest absolute Gasteiger partial charge is 0.324 e. The Morgan fingerprint density at radius 2 is 2.08 bits per heavy atom. The Balaban J connectivity index is 1.76. The second-order valence-electron chi connectivity index (χ2n) is 6.48. The van der Waals surface area contributed by atoms with Gasteiger partial charge in [0.15, 0.2) is 17.0 Å². The summed E-state index contributed by atoms with van der Waals surface area (Å²) >= 11 is 0. The van der Waals surface area contributed by atoms with Crippen LogP contribution in [0.4, 0.5) is 0 Å². The Hall–Kier alpha value is -2.78. The fourth-order valence-electron chi connectivity index (χ4n) is 2.91. The predicted molar refractivity (Wildman–Crippen MR) is 89.4 cm³/mol. The number of unbranched alkanes of at least 4 members (excludes halogenated alkanes) is 1. The minimum absolute atomic E-state index is 0.298. The first kappa shape index (κ1) is 15.7. The van der Waals surface area contributed by atoms with Crippen LogP contribution in [0.2, 0.25) is 0 Å². The van der Waals surface area contributed by atoms with Gasteiger partial charge < -0.3 is 4.57 Å². The van der Waals surface area contributed by atoms with Crippen LogP contribution in [0.3, 0.4) is 0 Å². The summed E-state index contributed by atoms with van der Waals surface area (Å²) in [4.78, 5) is 32.8. The molecule has 0 unspecified atom stereocenters. The molecule has 0 amide bonds. The highest BCUT2D eigenvalue weighted by Crippen LogP contribution is 2.37. The van der Waals surface area contributed by atoms with E-state index in [-0.39, 0.29) is 0 Å². The van der Waals surface area contributed by atoms with Crippen LogP contribution in [0.1, 0.15) is 50.2 Å². The Labute approximate surface area is 142 Å². The standard InChI is InChI=1S/C15H20N8O2/c1-3-4-7-22-13-11(14(24)17-15(22)25)21(2)10(16-13)8-23-19-12(18-20-23)9-5-6-9/h9H,3-8H2,1-2H3,(H,17,24,25). The lowest BCUT2D eigenvalue weighted by atomic mass is 10.3. The molecule has 1 aliphatic rings. The van der Waals surface area contributed by atoms with Crippen LogP contribution >= 0.6 is 0 Å².